The third kappa shape index (κ3) is 2.86. The first-order chi connectivity index (χ1) is 10.5. The lowest BCUT2D eigenvalue weighted by molar-refractivity contribution is 0.0733. The average molecular weight is 319 g/mol. The van der Waals surface area contributed by atoms with Gasteiger partial charge in [-0.05, 0) is 42.8 Å². The highest BCUT2D eigenvalue weighted by Crippen LogP contribution is 2.27. The van der Waals surface area contributed by atoms with E-state index in [0.29, 0.717) is 4.88 Å². The molecule has 0 radical (unpaired) electrons. The molecule has 1 aliphatic heterocycles. The summed E-state index contributed by atoms with van der Waals surface area (Å²) >= 11 is 1.36. The molecule has 0 atom stereocenters. The van der Waals surface area contributed by atoms with Gasteiger partial charge >= 0.3 is 5.97 Å². The maximum atomic E-state index is 13.9. The van der Waals surface area contributed by atoms with Gasteiger partial charge in [-0.1, -0.05) is 0 Å². The lowest BCUT2D eigenvalue weighted by atomic mass is 10.1. The maximum absolute atomic E-state index is 13.9. The fourth-order valence-electron chi connectivity index (χ4n) is 2.25. The molecular formula is C15H14FN3O2S. The van der Waals surface area contributed by atoms with Crippen molar-refractivity contribution in [2.75, 3.05) is 6.54 Å². The van der Waals surface area contributed by atoms with Crippen LogP contribution in [-0.2, 0) is 13.0 Å². The highest BCUT2D eigenvalue weighted by molar-refractivity contribution is 7.14. The van der Waals surface area contributed by atoms with Crippen LogP contribution in [0.3, 0.4) is 0 Å². The summed E-state index contributed by atoms with van der Waals surface area (Å²) in [5.41, 5.74) is 6.67. The molecule has 0 bridgehead atoms. The number of carbonyl (C=O) groups excluding carboxylic acids is 1. The molecule has 114 valence electrons. The molecule has 0 unspecified atom stereocenters. The van der Waals surface area contributed by atoms with Gasteiger partial charge in [0.1, 0.15) is 10.7 Å². The Morgan fingerprint density at radius 2 is 2.23 bits per heavy atom. The minimum absolute atomic E-state index is 0.167. The van der Waals surface area contributed by atoms with E-state index in [4.69, 9.17) is 15.9 Å². The van der Waals surface area contributed by atoms with E-state index >= 15 is 0 Å². The van der Waals surface area contributed by atoms with Gasteiger partial charge in [-0.2, -0.15) is 0 Å². The average Bonchev–Trinajstić information content (AvgIpc) is 2.93. The Kier molecular flexibility index (Phi) is 3.91. The monoisotopic (exact) mass is 319 g/mol. The molecule has 1 aromatic heterocycles. The van der Waals surface area contributed by atoms with Crippen LogP contribution in [0, 0.1) is 11.2 Å². The van der Waals surface area contributed by atoms with Crippen molar-refractivity contribution >= 4 is 23.1 Å². The van der Waals surface area contributed by atoms with Crippen molar-refractivity contribution in [3.63, 3.8) is 0 Å². The number of rotatable bonds is 3. The zero-order chi connectivity index (χ0) is 15.7. The van der Waals surface area contributed by atoms with E-state index < -0.39 is 11.8 Å². The van der Waals surface area contributed by atoms with Crippen LogP contribution in [0.2, 0.25) is 0 Å². The van der Waals surface area contributed by atoms with Crippen LogP contribution in [0.1, 0.15) is 25.7 Å². The minimum Gasteiger partial charge on any atom is -0.419 e. The predicted octanol–water partition coefficient (Wildman–Crippen LogP) is 2.04. The van der Waals surface area contributed by atoms with E-state index in [1.54, 1.807) is 0 Å². The number of amidine groups is 1. The third-order valence-electron chi connectivity index (χ3n) is 3.40. The van der Waals surface area contributed by atoms with Gasteiger partial charge in [0.25, 0.3) is 0 Å². The predicted molar refractivity (Wildman–Crippen MR) is 82.1 cm³/mol. The summed E-state index contributed by atoms with van der Waals surface area (Å²) in [5.74, 6) is -1.70. The molecule has 2 aromatic rings. The van der Waals surface area contributed by atoms with Gasteiger partial charge in [0.2, 0.25) is 0 Å². The normalized spacial score (nSPS) is 13.5. The first-order valence-corrected chi connectivity index (χ1v) is 7.54. The second-order valence-electron chi connectivity index (χ2n) is 4.93. The van der Waals surface area contributed by atoms with Crippen LogP contribution >= 0.6 is 11.3 Å². The minimum atomic E-state index is -0.718. The van der Waals surface area contributed by atoms with Gasteiger partial charge in [0.15, 0.2) is 11.6 Å². The molecule has 0 fully saturated rings. The van der Waals surface area contributed by atoms with Gasteiger partial charge < -0.3 is 15.8 Å². The van der Waals surface area contributed by atoms with Crippen molar-refractivity contribution in [3.05, 3.63) is 51.0 Å². The van der Waals surface area contributed by atoms with E-state index in [0.717, 1.165) is 36.0 Å². The van der Waals surface area contributed by atoms with Crippen LogP contribution in [0.15, 0.2) is 24.3 Å². The molecule has 0 spiro atoms. The molecule has 7 heteroatoms. The Hall–Kier alpha value is -2.25. The van der Waals surface area contributed by atoms with Crippen molar-refractivity contribution in [1.82, 2.24) is 5.32 Å². The van der Waals surface area contributed by atoms with Crippen molar-refractivity contribution in [1.29, 1.82) is 5.41 Å². The molecule has 5 nitrogen and oxygen atoms in total. The summed E-state index contributed by atoms with van der Waals surface area (Å²) in [6, 6.07) is 5.63. The molecular weight excluding hydrogens is 305 g/mol. The summed E-state index contributed by atoms with van der Waals surface area (Å²) < 4.78 is 19.0. The molecule has 0 amide bonds. The Morgan fingerprint density at radius 3 is 2.91 bits per heavy atom. The molecule has 1 aromatic carbocycles. The van der Waals surface area contributed by atoms with Crippen molar-refractivity contribution in [3.8, 4) is 5.75 Å². The Labute approximate surface area is 130 Å². The number of nitrogen functional groups attached to an aromatic ring is 1. The number of ether oxygens (including phenoxy) is 1. The number of hydrogen-bond donors (Lipinski definition) is 3. The Morgan fingerprint density at radius 1 is 1.41 bits per heavy atom. The van der Waals surface area contributed by atoms with Gasteiger partial charge in [-0.15, -0.1) is 11.3 Å². The number of hydrogen-bond acceptors (Lipinski definition) is 5. The summed E-state index contributed by atoms with van der Waals surface area (Å²) in [6.07, 6.45) is 0.876. The molecule has 0 aliphatic carbocycles. The molecule has 1 aliphatic rings. The molecule has 0 saturated carbocycles. The van der Waals surface area contributed by atoms with Crippen molar-refractivity contribution < 1.29 is 13.9 Å². The molecule has 2 heterocycles. The number of thiophene rings is 1. The van der Waals surface area contributed by atoms with E-state index in [1.165, 1.54) is 23.5 Å². The molecule has 0 saturated heterocycles. The van der Waals surface area contributed by atoms with Gasteiger partial charge in [0.05, 0.1) is 0 Å². The highest BCUT2D eigenvalue weighted by atomic mass is 32.1. The van der Waals surface area contributed by atoms with Crippen LogP contribution in [0.4, 0.5) is 4.39 Å². The second-order valence-corrected chi connectivity index (χ2v) is 6.07. The third-order valence-corrected chi connectivity index (χ3v) is 4.56. The number of carbonyl (C=O) groups is 1. The van der Waals surface area contributed by atoms with Crippen LogP contribution < -0.4 is 15.8 Å². The lowest BCUT2D eigenvalue weighted by Gasteiger charge is -2.10. The van der Waals surface area contributed by atoms with Crippen molar-refractivity contribution in [2.45, 2.75) is 13.0 Å². The van der Waals surface area contributed by atoms with E-state index in [2.05, 4.69) is 5.32 Å². The summed E-state index contributed by atoms with van der Waals surface area (Å²) in [6.45, 7) is 1.63. The molecule has 22 heavy (non-hydrogen) atoms. The summed E-state index contributed by atoms with van der Waals surface area (Å²) in [4.78, 5) is 13.7. The summed E-state index contributed by atoms with van der Waals surface area (Å²) in [5, 5.41) is 10.5. The van der Waals surface area contributed by atoms with Gasteiger partial charge in [0, 0.05) is 17.0 Å². The van der Waals surface area contributed by atoms with Gasteiger partial charge in [-0.25, -0.2) is 9.18 Å². The van der Waals surface area contributed by atoms with E-state index in [1.807, 2.05) is 6.07 Å². The number of esters is 1. The standard InChI is InChI=1S/C15H14FN3O2S/c16-10-5-9(14(17)18)1-2-11(10)21-15(20)12-6-8-3-4-19-7-13(8)22-12/h1-2,5-6,19H,3-4,7H2,(H3,17,18). The number of nitrogens with one attached hydrogen (secondary N) is 2. The van der Waals surface area contributed by atoms with E-state index in [-0.39, 0.29) is 17.1 Å². The number of fused-ring (bicyclic) bond motifs is 1. The molecule has 4 N–H and O–H groups in total. The second kappa shape index (κ2) is 5.86. The fraction of sp³-hybridized carbons (Fsp3) is 0.200. The topological polar surface area (TPSA) is 88.2 Å². The summed E-state index contributed by atoms with van der Waals surface area (Å²) in [7, 11) is 0. The first kappa shape index (κ1) is 14.7. The first-order valence-electron chi connectivity index (χ1n) is 6.73. The Bertz CT molecular complexity index is 734. The zero-order valence-corrected chi connectivity index (χ0v) is 12.4. The zero-order valence-electron chi connectivity index (χ0n) is 11.6. The highest BCUT2D eigenvalue weighted by Gasteiger charge is 2.19. The van der Waals surface area contributed by atoms with Crippen LogP contribution in [0.25, 0.3) is 0 Å². The van der Waals surface area contributed by atoms with Crippen LogP contribution in [0.5, 0.6) is 5.75 Å². The van der Waals surface area contributed by atoms with Gasteiger partial charge in [-0.3, -0.25) is 5.41 Å². The number of nitrogens with two attached hydrogens (primary N) is 1. The smallest absolute Gasteiger partial charge is 0.353 e. The van der Waals surface area contributed by atoms with Crippen LogP contribution in [-0.4, -0.2) is 18.3 Å². The lowest BCUT2D eigenvalue weighted by Crippen LogP contribution is -2.21. The maximum Gasteiger partial charge on any atom is 0.353 e. The quantitative estimate of drug-likeness (QED) is 0.350. The largest absolute Gasteiger partial charge is 0.419 e. The van der Waals surface area contributed by atoms with E-state index in [9.17, 15) is 9.18 Å². The molecule has 3 rings (SSSR count). The number of benzene rings is 1. The Balaban J connectivity index is 1.79. The van der Waals surface area contributed by atoms with Crippen molar-refractivity contribution in [2.24, 2.45) is 5.73 Å². The number of halogens is 1. The SMILES string of the molecule is N=C(N)c1ccc(OC(=O)c2cc3c(s2)CNCC3)c(F)c1. The fourth-order valence-corrected chi connectivity index (χ4v) is 3.31.